The molecule has 0 aromatic heterocycles. The highest BCUT2D eigenvalue weighted by molar-refractivity contribution is 14.0. The summed E-state index contributed by atoms with van der Waals surface area (Å²) in [6.07, 6.45) is 6.64. The molecule has 0 spiro atoms. The lowest BCUT2D eigenvalue weighted by Gasteiger charge is -2.40. The molecule has 1 saturated carbocycles. The Bertz CT molecular complexity index is 519. The van der Waals surface area contributed by atoms with Crippen molar-refractivity contribution < 1.29 is 9.53 Å². The number of halogens is 1. The summed E-state index contributed by atoms with van der Waals surface area (Å²) in [4.78, 5) is 18.4. The maximum Gasteiger partial charge on any atom is 0.225 e. The van der Waals surface area contributed by atoms with Crippen LogP contribution in [0.3, 0.4) is 0 Å². The van der Waals surface area contributed by atoms with Crippen molar-refractivity contribution in [1.82, 2.24) is 15.5 Å². The lowest BCUT2D eigenvalue weighted by atomic mass is 9.78. The molecule has 2 N–H and O–H groups in total. The molecular weight excluding hydrogens is 467 g/mol. The van der Waals surface area contributed by atoms with Gasteiger partial charge in [0.05, 0.1) is 6.10 Å². The molecule has 2 fully saturated rings. The second-order valence-electron chi connectivity index (χ2n) is 9.45. The Kier molecular flexibility index (Phi) is 10.5. The molecule has 2 rings (SSSR count). The van der Waals surface area contributed by atoms with Crippen LogP contribution in [0.5, 0.6) is 0 Å². The Labute approximate surface area is 188 Å². The van der Waals surface area contributed by atoms with Crippen LogP contribution in [0, 0.1) is 17.3 Å². The third-order valence-corrected chi connectivity index (χ3v) is 5.86. The van der Waals surface area contributed by atoms with E-state index in [1.165, 1.54) is 6.42 Å². The van der Waals surface area contributed by atoms with Crippen LogP contribution in [0.25, 0.3) is 0 Å². The molecule has 0 radical (unpaired) electrons. The van der Waals surface area contributed by atoms with Crippen molar-refractivity contribution in [3.63, 3.8) is 0 Å². The zero-order valence-electron chi connectivity index (χ0n) is 18.6. The van der Waals surface area contributed by atoms with E-state index in [0.29, 0.717) is 12.0 Å². The minimum Gasteiger partial charge on any atom is -0.377 e. The summed E-state index contributed by atoms with van der Waals surface area (Å²) in [5.74, 6) is 1.71. The van der Waals surface area contributed by atoms with E-state index in [-0.39, 0.29) is 47.3 Å². The molecule has 1 heterocycles. The molecule has 0 bridgehead atoms. The Morgan fingerprint density at radius 3 is 2.50 bits per heavy atom. The fourth-order valence-corrected chi connectivity index (χ4v) is 4.54. The van der Waals surface area contributed by atoms with E-state index in [1.54, 1.807) is 4.90 Å². The average Bonchev–Trinajstić information content (AvgIpc) is 2.64. The minimum absolute atomic E-state index is 0. The van der Waals surface area contributed by atoms with Crippen molar-refractivity contribution in [2.75, 3.05) is 34.3 Å². The van der Waals surface area contributed by atoms with E-state index < -0.39 is 0 Å². The van der Waals surface area contributed by atoms with Crippen molar-refractivity contribution >= 4 is 35.8 Å². The molecule has 4 atom stereocenters. The summed E-state index contributed by atoms with van der Waals surface area (Å²) in [5.41, 5.74) is 0.146. The molecule has 0 aromatic carbocycles. The quantitative estimate of drug-likeness (QED) is 0.348. The SMILES string of the molecule is CN=C(NCC1CCCOC1C(C)(C)C)NC1CCCC(C(=O)N(C)C)C1.I. The first-order chi connectivity index (χ1) is 12.7. The Morgan fingerprint density at radius 2 is 1.89 bits per heavy atom. The number of nitrogens with one attached hydrogen (secondary N) is 2. The van der Waals surface area contributed by atoms with Crippen molar-refractivity contribution in [1.29, 1.82) is 0 Å². The lowest BCUT2D eigenvalue weighted by molar-refractivity contribution is -0.134. The summed E-state index contributed by atoms with van der Waals surface area (Å²) >= 11 is 0. The molecular formula is C21H41IN4O2. The fraction of sp³-hybridized carbons (Fsp3) is 0.905. The number of nitrogens with zero attached hydrogens (tertiary/aromatic N) is 2. The van der Waals surface area contributed by atoms with Gasteiger partial charge in [0.25, 0.3) is 0 Å². The van der Waals surface area contributed by atoms with Gasteiger partial charge in [-0.2, -0.15) is 0 Å². The minimum atomic E-state index is 0. The summed E-state index contributed by atoms with van der Waals surface area (Å²) in [6.45, 7) is 8.51. The standard InChI is InChI=1S/C21H40N4O2.HI/c1-21(2,3)18-16(10-8-12-27-18)14-23-20(22-4)24-17-11-7-9-15(13-17)19(26)25(5)6;/h15-18H,7-14H2,1-6H3,(H2,22,23,24);1H. The number of hydrogen-bond donors (Lipinski definition) is 2. The van der Waals surface area contributed by atoms with E-state index in [1.807, 2.05) is 21.1 Å². The molecule has 0 aromatic rings. The number of ether oxygens (including phenoxy) is 1. The number of rotatable bonds is 4. The number of carbonyl (C=O) groups excluding carboxylic acids is 1. The van der Waals surface area contributed by atoms with Crippen molar-refractivity contribution in [3.05, 3.63) is 0 Å². The second-order valence-corrected chi connectivity index (χ2v) is 9.45. The van der Waals surface area contributed by atoms with Crippen LogP contribution < -0.4 is 10.6 Å². The molecule has 1 amide bonds. The van der Waals surface area contributed by atoms with Gasteiger partial charge in [-0.05, 0) is 37.5 Å². The van der Waals surface area contributed by atoms with Gasteiger partial charge in [0, 0.05) is 52.2 Å². The summed E-state index contributed by atoms with van der Waals surface area (Å²) < 4.78 is 6.09. The lowest BCUT2D eigenvalue weighted by Crippen LogP contribution is -2.50. The third kappa shape index (κ3) is 7.35. The van der Waals surface area contributed by atoms with Crippen LogP contribution in [0.2, 0.25) is 0 Å². The van der Waals surface area contributed by atoms with E-state index >= 15 is 0 Å². The highest BCUT2D eigenvalue weighted by atomic mass is 127. The summed E-state index contributed by atoms with van der Waals surface area (Å²) in [6, 6.07) is 0.305. The van der Waals surface area contributed by atoms with Crippen LogP contribution in [0.4, 0.5) is 0 Å². The zero-order chi connectivity index (χ0) is 20.0. The van der Waals surface area contributed by atoms with Crippen LogP contribution in [0.1, 0.15) is 59.3 Å². The van der Waals surface area contributed by atoms with Gasteiger partial charge < -0.3 is 20.3 Å². The molecule has 7 heteroatoms. The Morgan fingerprint density at radius 1 is 1.18 bits per heavy atom. The summed E-state index contributed by atoms with van der Waals surface area (Å²) in [5, 5.41) is 7.07. The first-order valence-corrected chi connectivity index (χ1v) is 10.5. The molecule has 28 heavy (non-hydrogen) atoms. The fourth-order valence-electron chi connectivity index (χ4n) is 4.54. The number of amides is 1. The number of carbonyl (C=O) groups is 1. The van der Waals surface area contributed by atoms with E-state index in [0.717, 1.165) is 51.2 Å². The Hall–Kier alpha value is -0.570. The van der Waals surface area contributed by atoms with E-state index in [2.05, 4.69) is 36.4 Å². The van der Waals surface area contributed by atoms with Gasteiger partial charge in [-0.15, -0.1) is 24.0 Å². The van der Waals surface area contributed by atoms with Crippen molar-refractivity contribution in [2.45, 2.75) is 71.4 Å². The van der Waals surface area contributed by atoms with E-state index in [4.69, 9.17) is 4.74 Å². The number of aliphatic imine (C=N–C) groups is 1. The molecule has 4 unspecified atom stereocenters. The number of guanidine groups is 1. The van der Waals surface area contributed by atoms with Gasteiger partial charge in [-0.1, -0.05) is 27.2 Å². The predicted molar refractivity (Wildman–Crippen MR) is 126 cm³/mol. The van der Waals surface area contributed by atoms with Crippen LogP contribution in [0.15, 0.2) is 4.99 Å². The highest BCUT2D eigenvalue weighted by Crippen LogP contribution is 2.33. The average molecular weight is 508 g/mol. The first-order valence-electron chi connectivity index (χ1n) is 10.5. The van der Waals surface area contributed by atoms with Crippen LogP contribution in [-0.2, 0) is 9.53 Å². The van der Waals surface area contributed by atoms with Crippen molar-refractivity contribution in [3.8, 4) is 0 Å². The maximum atomic E-state index is 12.3. The molecule has 2 aliphatic rings. The monoisotopic (exact) mass is 508 g/mol. The molecule has 164 valence electrons. The van der Waals surface area contributed by atoms with Crippen LogP contribution in [-0.4, -0.2) is 63.2 Å². The third-order valence-electron chi connectivity index (χ3n) is 5.86. The van der Waals surface area contributed by atoms with Gasteiger partial charge in [-0.3, -0.25) is 9.79 Å². The summed E-state index contributed by atoms with van der Waals surface area (Å²) in [7, 11) is 5.51. The normalized spacial score (nSPS) is 28.9. The number of hydrogen-bond acceptors (Lipinski definition) is 3. The largest absolute Gasteiger partial charge is 0.377 e. The van der Waals surface area contributed by atoms with Gasteiger partial charge in [0.2, 0.25) is 5.91 Å². The van der Waals surface area contributed by atoms with E-state index in [9.17, 15) is 4.79 Å². The van der Waals surface area contributed by atoms with Gasteiger partial charge in [0.15, 0.2) is 5.96 Å². The zero-order valence-corrected chi connectivity index (χ0v) is 20.9. The molecule has 6 nitrogen and oxygen atoms in total. The smallest absolute Gasteiger partial charge is 0.225 e. The van der Waals surface area contributed by atoms with Crippen molar-refractivity contribution in [2.24, 2.45) is 22.2 Å². The maximum absolute atomic E-state index is 12.3. The second kappa shape index (κ2) is 11.6. The highest BCUT2D eigenvalue weighted by Gasteiger charge is 2.35. The van der Waals surface area contributed by atoms with Gasteiger partial charge in [-0.25, -0.2) is 0 Å². The first kappa shape index (κ1) is 25.5. The molecule has 1 aliphatic carbocycles. The predicted octanol–water partition coefficient (Wildman–Crippen LogP) is 3.26. The Balaban J connectivity index is 0.00000392. The molecule has 1 aliphatic heterocycles. The molecule has 1 saturated heterocycles. The van der Waals surface area contributed by atoms with Gasteiger partial charge in [0.1, 0.15) is 0 Å². The van der Waals surface area contributed by atoms with Crippen LogP contribution >= 0.6 is 24.0 Å². The van der Waals surface area contributed by atoms with Gasteiger partial charge >= 0.3 is 0 Å². The topological polar surface area (TPSA) is 66.0 Å².